The monoisotopic (exact) mass is 257 g/mol. The van der Waals surface area contributed by atoms with Gasteiger partial charge < -0.3 is 21.1 Å². The van der Waals surface area contributed by atoms with Crippen LogP contribution in [0.2, 0.25) is 0 Å². The van der Waals surface area contributed by atoms with Crippen molar-refractivity contribution in [2.45, 2.75) is 57.8 Å². The molecule has 0 aromatic heterocycles. The summed E-state index contributed by atoms with van der Waals surface area (Å²) in [5.74, 6) is -0.925. The van der Waals surface area contributed by atoms with E-state index in [2.05, 4.69) is 5.32 Å². The summed E-state index contributed by atoms with van der Waals surface area (Å²) in [5, 5.41) is 13.0. The Morgan fingerprint density at radius 3 is 2.39 bits per heavy atom. The minimum absolute atomic E-state index is 0.148. The number of aliphatic hydroxyl groups excluding tert-OH is 1. The molecular weight excluding hydrogens is 234 g/mol. The zero-order chi connectivity index (χ0) is 13.9. The number of aliphatic hydroxyl groups is 1. The maximum Gasteiger partial charge on any atom is 0.242 e. The number of carbonyl (C=O) groups excluding carboxylic acids is 2. The quantitative estimate of drug-likeness (QED) is 0.601. The van der Waals surface area contributed by atoms with Crippen LogP contribution in [0.1, 0.15) is 33.6 Å². The summed E-state index contributed by atoms with van der Waals surface area (Å²) < 4.78 is 0. The predicted octanol–water partition coefficient (Wildman–Crippen LogP) is -0.790. The number of carbonyl (C=O) groups is 2. The Bertz CT molecular complexity index is 314. The number of rotatable bonds is 5. The van der Waals surface area contributed by atoms with Crippen LogP contribution in [0.5, 0.6) is 0 Å². The van der Waals surface area contributed by atoms with Gasteiger partial charge in [0.05, 0.1) is 6.10 Å². The fourth-order valence-electron chi connectivity index (χ4n) is 2.66. The van der Waals surface area contributed by atoms with E-state index >= 15 is 0 Å². The van der Waals surface area contributed by atoms with Crippen LogP contribution in [0.25, 0.3) is 0 Å². The summed E-state index contributed by atoms with van der Waals surface area (Å²) in [6.07, 6.45) is 1.03. The molecule has 0 radical (unpaired) electrons. The number of hydrogen-bond donors (Lipinski definition) is 3. The SMILES string of the molecule is CC(=O)N(C(C)C1CCCN1)[C@H](C(N)=O)[C@@H](C)O. The standard InChI is InChI=1S/C12H23N3O3/c1-7(10-5-4-6-14-10)15(9(3)17)11(8(2)16)12(13)18/h7-8,10-11,14,16H,4-6H2,1-3H3,(H2,13,18)/t7?,8-,10?,11+/m1/s1. The first-order valence-electron chi connectivity index (χ1n) is 6.36. The van der Waals surface area contributed by atoms with E-state index in [1.807, 2.05) is 6.92 Å². The molecule has 1 aliphatic rings. The van der Waals surface area contributed by atoms with Crippen LogP contribution in [-0.4, -0.2) is 52.6 Å². The van der Waals surface area contributed by atoms with Crippen molar-refractivity contribution in [2.24, 2.45) is 5.73 Å². The van der Waals surface area contributed by atoms with Crippen molar-refractivity contribution in [1.82, 2.24) is 10.2 Å². The van der Waals surface area contributed by atoms with E-state index in [0.717, 1.165) is 19.4 Å². The second-order valence-corrected chi connectivity index (χ2v) is 4.96. The molecule has 1 fully saturated rings. The summed E-state index contributed by atoms with van der Waals surface area (Å²) in [6.45, 7) is 5.66. The Balaban J connectivity index is 2.92. The molecule has 6 heteroatoms. The van der Waals surface area contributed by atoms with Gasteiger partial charge in [0.15, 0.2) is 0 Å². The molecule has 0 aromatic rings. The molecule has 0 saturated carbocycles. The van der Waals surface area contributed by atoms with Gasteiger partial charge >= 0.3 is 0 Å². The van der Waals surface area contributed by atoms with Crippen LogP contribution in [0.4, 0.5) is 0 Å². The van der Waals surface area contributed by atoms with Crippen LogP contribution < -0.4 is 11.1 Å². The highest BCUT2D eigenvalue weighted by Gasteiger charge is 2.37. The summed E-state index contributed by atoms with van der Waals surface area (Å²) in [5.41, 5.74) is 5.30. The Morgan fingerprint density at radius 2 is 2.06 bits per heavy atom. The fourth-order valence-corrected chi connectivity index (χ4v) is 2.66. The van der Waals surface area contributed by atoms with E-state index in [-0.39, 0.29) is 18.0 Å². The van der Waals surface area contributed by atoms with E-state index in [0.29, 0.717) is 0 Å². The molecule has 0 aliphatic carbocycles. The first kappa shape index (κ1) is 14.9. The fraction of sp³-hybridized carbons (Fsp3) is 0.833. The molecular formula is C12H23N3O3. The molecule has 1 aliphatic heterocycles. The highest BCUT2D eigenvalue weighted by Crippen LogP contribution is 2.18. The van der Waals surface area contributed by atoms with Gasteiger partial charge in [-0.25, -0.2) is 0 Å². The van der Waals surface area contributed by atoms with Crippen molar-refractivity contribution in [3.8, 4) is 0 Å². The number of nitrogens with zero attached hydrogens (tertiary/aromatic N) is 1. The number of primary amides is 1. The Hall–Kier alpha value is -1.14. The summed E-state index contributed by atoms with van der Waals surface area (Å²) in [6, 6.07) is -0.994. The molecule has 104 valence electrons. The van der Waals surface area contributed by atoms with Gasteiger partial charge in [-0.3, -0.25) is 9.59 Å². The van der Waals surface area contributed by atoms with Crippen molar-refractivity contribution in [1.29, 1.82) is 0 Å². The van der Waals surface area contributed by atoms with E-state index in [1.54, 1.807) is 0 Å². The molecule has 0 aromatic carbocycles. The van der Waals surface area contributed by atoms with Crippen molar-refractivity contribution >= 4 is 11.8 Å². The molecule has 1 rings (SSSR count). The van der Waals surface area contributed by atoms with Gasteiger partial charge in [-0.15, -0.1) is 0 Å². The molecule has 2 amide bonds. The zero-order valence-electron chi connectivity index (χ0n) is 11.2. The predicted molar refractivity (Wildman–Crippen MR) is 67.7 cm³/mol. The maximum atomic E-state index is 11.8. The van der Waals surface area contributed by atoms with Gasteiger partial charge in [-0.05, 0) is 33.2 Å². The third kappa shape index (κ3) is 3.20. The van der Waals surface area contributed by atoms with Gasteiger partial charge in [0, 0.05) is 19.0 Å². The van der Waals surface area contributed by atoms with Gasteiger partial charge in [-0.1, -0.05) is 0 Å². The van der Waals surface area contributed by atoms with Gasteiger partial charge in [-0.2, -0.15) is 0 Å². The summed E-state index contributed by atoms with van der Waals surface area (Å²) in [7, 11) is 0. The van der Waals surface area contributed by atoms with Crippen LogP contribution in [-0.2, 0) is 9.59 Å². The molecule has 4 N–H and O–H groups in total. The molecule has 18 heavy (non-hydrogen) atoms. The smallest absolute Gasteiger partial charge is 0.242 e. The molecule has 0 bridgehead atoms. The van der Waals surface area contributed by atoms with Crippen molar-refractivity contribution in [2.75, 3.05) is 6.54 Å². The zero-order valence-corrected chi connectivity index (χ0v) is 11.2. The number of amides is 2. The number of hydrogen-bond acceptors (Lipinski definition) is 4. The summed E-state index contributed by atoms with van der Waals surface area (Å²) >= 11 is 0. The molecule has 6 nitrogen and oxygen atoms in total. The molecule has 2 unspecified atom stereocenters. The van der Waals surface area contributed by atoms with E-state index < -0.39 is 18.1 Å². The second-order valence-electron chi connectivity index (χ2n) is 4.96. The maximum absolute atomic E-state index is 11.8. The Labute approximate surface area is 108 Å². The van der Waals surface area contributed by atoms with Crippen molar-refractivity contribution in [3.05, 3.63) is 0 Å². The van der Waals surface area contributed by atoms with Gasteiger partial charge in [0.1, 0.15) is 6.04 Å². The van der Waals surface area contributed by atoms with Crippen molar-refractivity contribution in [3.63, 3.8) is 0 Å². The lowest BCUT2D eigenvalue weighted by Crippen LogP contribution is -2.59. The molecule has 1 saturated heterocycles. The molecule has 0 spiro atoms. The number of nitrogens with two attached hydrogens (primary N) is 1. The largest absolute Gasteiger partial charge is 0.391 e. The number of nitrogens with one attached hydrogen (secondary N) is 1. The first-order chi connectivity index (χ1) is 8.36. The van der Waals surface area contributed by atoms with Crippen molar-refractivity contribution < 1.29 is 14.7 Å². The van der Waals surface area contributed by atoms with E-state index in [4.69, 9.17) is 5.73 Å². The van der Waals surface area contributed by atoms with Gasteiger partial charge in [0.25, 0.3) is 0 Å². The molecule has 1 heterocycles. The van der Waals surface area contributed by atoms with Crippen LogP contribution in [0.3, 0.4) is 0 Å². The van der Waals surface area contributed by atoms with Gasteiger partial charge in [0.2, 0.25) is 11.8 Å². The second kappa shape index (κ2) is 6.15. The average Bonchev–Trinajstić information content (AvgIpc) is 2.76. The molecule has 4 atom stereocenters. The van der Waals surface area contributed by atoms with Crippen LogP contribution in [0.15, 0.2) is 0 Å². The highest BCUT2D eigenvalue weighted by atomic mass is 16.3. The highest BCUT2D eigenvalue weighted by molar-refractivity contribution is 5.86. The first-order valence-corrected chi connectivity index (χ1v) is 6.36. The third-order valence-electron chi connectivity index (χ3n) is 3.53. The van der Waals surface area contributed by atoms with Crippen LogP contribution in [0, 0.1) is 0 Å². The van der Waals surface area contributed by atoms with E-state index in [1.165, 1.54) is 18.7 Å². The Morgan fingerprint density at radius 1 is 1.44 bits per heavy atom. The lowest BCUT2D eigenvalue weighted by atomic mass is 10.0. The minimum Gasteiger partial charge on any atom is -0.391 e. The topological polar surface area (TPSA) is 95.7 Å². The minimum atomic E-state index is -0.977. The lowest BCUT2D eigenvalue weighted by molar-refractivity contribution is -0.144. The van der Waals surface area contributed by atoms with E-state index in [9.17, 15) is 14.7 Å². The summed E-state index contributed by atoms with van der Waals surface area (Å²) in [4.78, 5) is 24.6. The lowest BCUT2D eigenvalue weighted by Gasteiger charge is -2.38. The normalized spacial score (nSPS) is 24.3. The third-order valence-corrected chi connectivity index (χ3v) is 3.53. The average molecular weight is 257 g/mol. The van der Waals surface area contributed by atoms with Crippen LogP contribution >= 0.6 is 0 Å². The Kier molecular flexibility index (Phi) is 5.10.